The normalized spacial score (nSPS) is 11.9. The molecule has 3 aromatic rings. The summed E-state index contributed by atoms with van der Waals surface area (Å²) >= 11 is 1.47. The summed E-state index contributed by atoms with van der Waals surface area (Å²) in [5, 5.41) is 3.48. The van der Waals surface area contributed by atoms with Crippen LogP contribution in [0.15, 0.2) is 30.3 Å². The van der Waals surface area contributed by atoms with E-state index in [2.05, 4.69) is 36.3 Å². The number of anilines is 1. The van der Waals surface area contributed by atoms with Gasteiger partial charge in [0.25, 0.3) is 5.91 Å². The van der Waals surface area contributed by atoms with Crippen molar-refractivity contribution in [3.8, 4) is 17.2 Å². The van der Waals surface area contributed by atoms with E-state index in [1.54, 1.807) is 12.1 Å². The lowest BCUT2D eigenvalue weighted by Crippen LogP contribution is -2.13. The number of nitrogens with one attached hydrogen (secondary N) is 1. The summed E-state index contributed by atoms with van der Waals surface area (Å²) in [5.74, 6) is 1.71. The van der Waals surface area contributed by atoms with E-state index in [-0.39, 0.29) is 5.91 Å². The molecule has 166 valence electrons. The predicted octanol–water partition coefficient (Wildman–Crippen LogP) is 6.26. The number of thiazole rings is 1. The molecule has 2 aromatic carbocycles. The number of nitrogens with zero attached hydrogens (tertiary/aromatic N) is 1. The molecule has 1 unspecified atom stereocenters. The largest absolute Gasteiger partial charge is 0.490 e. The summed E-state index contributed by atoms with van der Waals surface area (Å²) in [4.78, 5) is 17.6. The van der Waals surface area contributed by atoms with Crippen LogP contribution in [-0.2, 0) is 0 Å². The highest BCUT2D eigenvalue weighted by atomic mass is 32.1. The van der Waals surface area contributed by atoms with Crippen LogP contribution in [0, 0.1) is 0 Å². The maximum Gasteiger partial charge on any atom is 0.257 e. The zero-order valence-electron chi connectivity index (χ0n) is 18.8. The van der Waals surface area contributed by atoms with Crippen LogP contribution in [0.4, 0.5) is 5.13 Å². The third kappa shape index (κ3) is 5.28. The van der Waals surface area contributed by atoms with Gasteiger partial charge in [0.15, 0.2) is 16.6 Å². The van der Waals surface area contributed by atoms with Gasteiger partial charge in [0, 0.05) is 5.56 Å². The van der Waals surface area contributed by atoms with Gasteiger partial charge in [-0.2, -0.15) is 0 Å². The molecule has 6 nitrogen and oxygen atoms in total. The Morgan fingerprint density at radius 1 is 1.00 bits per heavy atom. The van der Waals surface area contributed by atoms with Crippen LogP contribution in [0.5, 0.6) is 17.2 Å². The summed E-state index contributed by atoms with van der Waals surface area (Å²) in [7, 11) is 0. The monoisotopic (exact) mass is 442 g/mol. The molecule has 7 heteroatoms. The fourth-order valence-electron chi connectivity index (χ4n) is 3.23. The zero-order valence-corrected chi connectivity index (χ0v) is 19.6. The third-order valence-corrected chi connectivity index (χ3v) is 5.92. The molecule has 0 aliphatic carbocycles. The van der Waals surface area contributed by atoms with Crippen molar-refractivity contribution >= 4 is 32.6 Å². The molecule has 1 atom stereocenters. The Balaban J connectivity index is 1.89. The molecule has 1 aromatic heterocycles. The molecule has 0 spiro atoms. The minimum Gasteiger partial charge on any atom is -0.490 e. The van der Waals surface area contributed by atoms with Gasteiger partial charge < -0.3 is 14.2 Å². The summed E-state index contributed by atoms with van der Waals surface area (Å²) in [6.45, 7) is 11.4. The van der Waals surface area contributed by atoms with E-state index < -0.39 is 0 Å². The smallest absolute Gasteiger partial charge is 0.257 e. The first-order valence-corrected chi connectivity index (χ1v) is 11.6. The summed E-state index contributed by atoms with van der Waals surface area (Å²) < 4.78 is 18.2. The molecule has 3 rings (SSSR count). The van der Waals surface area contributed by atoms with Crippen molar-refractivity contribution in [2.24, 2.45) is 0 Å². The number of benzene rings is 2. The molecule has 1 heterocycles. The number of carbonyl (C=O) groups is 1. The topological polar surface area (TPSA) is 69.7 Å². The maximum absolute atomic E-state index is 13.0. The molecule has 0 bridgehead atoms. The van der Waals surface area contributed by atoms with Gasteiger partial charge in [0.2, 0.25) is 5.75 Å². The molecular weight excluding hydrogens is 412 g/mol. The minimum atomic E-state index is -0.272. The Labute approximate surface area is 187 Å². The van der Waals surface area contributed by atoms with Crippen LogP contribution < -0.4 is 19.5 Å². The van der Waals surface area contributed by atoms with Crippen molar-refractivity contribution in [3.05, 3.63) is 41.5 Å². The number of ether oxygens (including phenoxy) is 3. The Morgan fingerprint density at radius 2 is 1.65 bits per heavy atom. The first-order chi connectivity index (χ1) is 15.0. The van der Waals surface area contributed by atoms with Gasteiger partial charge in [-0.25, -0.2) is 4.98 Å². The van der Waals surface area contributed by atoms with Crippen LogP contribution in [0.2, 0.25) is 0 Å². The van der Waals surface area contributed by atoms with Crippen molar-refractivity contribution in [2.75, 3.05) is 25.1 Å². The van der Waals surface area contributed by atoms with Gasteiger partial charge in [0.05, 0.1) is 30.0 Å². The molecule has 0 saturated carbocycles. The second-order valence-corrected chi connectivity index (χ2v) is 8.14. The van der Waals surface area contributed by atoms with E-state index in [4.69, 9.17) is 14.2 Å². The minimum absolute atomic E-state index is 0.272. The molecule has 0 radical (unpaired) electrons. The Hall–Kier alpha value is -2.80. The molecule has 1 N–H and O–H groups in total. The van der Waals surface area contributed by atoms with Crippen LogP contribution in [-0.4, -0.2) is 30.7 Å². The highest BCUT2D eigenvalue weighted by molar-refractivity contribution is 7.22. The van der Waals surface area contributed by atoms with Gasteiger partial charge in [-0.05, 0) is 62.9 Å². The number of hydrogen-bond acceptors (Lipinski definition) is 6. The second kappa shape index (κ2) is 10.5. The quantitative estimate of drug-likeness (QED) is 0.401. The van der Waals surface area contributed by atoms with Crippen molar-refractivity contribution in [2.45, 2.75) is 47.0 Å². The zero-order chi connectivity index (χ0) is 22.4. The van der Waals surface area contributed by atoms with E-state index in [1.165, 1.54) is 16.9 Å². The van der Waals surface area contributed by atoms with Gasteiger partial charge >= 0.3 is 0 Å². The van der Waals surface area contributed by atoms with Crippen LogP contribution >= 0.6 is 11.3 Å². The predicted molar refractivity (Wildman–Crippen MR) is 126 cm³/mol. The van der Waals surface area contributed by atoms with Gasteiger partial charge in [0.1, 0.15) is 0 Å². The summed E-state index contributed by atoms with van der Waals surface area (Å²) in [6, 6.07) is 9.65. The third-order valence-electron chi connectivity index (χ3n) is 4.99. The fraction of sp³-hybridized carbons (Fsp3) is 0.417. The number of amides is 1. The summed E-state index contributed by atoms with van der Waals surface area (Å²) in [5.41, 5.74) is 2.59. The van der Waals surface area contributed by atoms with Gasteiger partial charge in [-0.3, -0.25) is 10.1 Å². The molecule has 0 aliphatic rings. The van der Waals surface area contributed by atoms with E-state index >= 15 is 0 Å². The number of hydrogen-bond donors (Lipinski definition) is 1. The number of fused-ring (bicyclic) bond motifs is 1. The maximum atomic E-state index is 13.0. The van der Waals surface area contributed by atoms with Gasteiger partial charge in [-0.15, -0.1) is 0 Å². The van der Waals surface area contributed by atoms with E-state index in [0.29, 0.717) is 53.7 Å². The van der Waals surface area contributed by atoms with E-state index in [9.17, 15) is 4.79 Å². The van der Waals surface area contributed by atoms with Crippen molar-refractivity contribution in [1.82, 2.24) is 4.98 Å². The number of carbonyl (C=O) groups excluding carboxylic acids is 1. The number of aromatic nitrogens is 1. The van der Waals surface area contributed by atoms with Crippen LogP contribution in [0.3, 0.4) is 0 Å². The fourth-order valence-corrected chi connectivity index (χ4v) is 4.14. The van der Waals surface area contributed by atoms with Crippen molar-refractivity contribution < 1.29 is 19.0 Å². The van der Waals surface area contributed by atoms with Crippen molar-refractivity contribution in [1.29, 1.82) is 0 Å². The molecule has 0 fully saturated rings. The first kappa shape index (κ1) is 22.9. The average Bonchev–Trinajstić information content (AvgIpc) is 3.16. The Kier molecular flexibility index (Phi) is 7.74. The lowest BCUT2D eigenvalue weighted by molar-refractivity contribution is 0.102. The average molecular weight is 443 g/mol. The summed E-state index contributed by atoms with van der Waals surface area (Å²) in [6.07, 6.45) is 1.08. The van der Waals surface area contributed by atoms with E-state index in [1.807, 2.05) is 26.8 Å². The van der Waals surface area contributed by atoms with E-state index in [0.717, 1.165) is 16.6 Å². The molecule has 31 heavy (non-hydrogen) atoms. The molecule has 0 aliphatic heterocycles. The molecular formula is C24H30N2O4S. The lowest BCUT2D eigenvalue weighted by atomic mass is 9.99. The first-order valence-electron chi connectivity index (χ1n) is 10.8. The van der Waals surface area contributed by atoms with Crippen LogP contribution in [0.25, 0.3) is 10.2 Å². The SMILES string of the molecule is CCOc1cc(C(=O)Nc2nc3ccc(C(C)CC)cc3s2)cc(OCC)c1OCC. The molecule has 1 amide bonds. The lowest BCUT2D eigenvalue weighted by Gasteiger charge is -2.16. The standard InChI is InChI=1S/C24H30N2O4S/c1-6-15(5)16-10-11-18-21(14-16)31-24(25-18)26-23(27)17-12-19(28-7-2)22(30-9-4)20(13-17)29-8-3/h10-15H,6-9H2,1-5H3,(H,25,26,27). The molecule has 0 saturated heterocycles. The van der Waals surface area contributed by atoms with Crippen LogP contribution in [0.1, 0.15) is 62.9 Å². The highest BCUT2D eigenvalue weighted by Gasteiger charge is 2.19. The number of rotatable bonds is 10. The second-order valence-electron chi connectivity index (χ2n) is 7.11. The van der Waals surface area contributed by atoms with Gasteiger partial charge in [-0.1, -0.05) is 31.3 Å². The highest BCUT2D eigenvalue weighted by Crippen LogP contribution is 2.39. The van der Waals surface area contributed by atoms with Crippen molar-refractivity contribution in [3.63, 3.8) is 0 Å². The Morgan fingerprint density at radius 3 is 2.23 bits per heavy atom. The Bertz CT molecular complexity index is 1020.